The van der Waals surface area contributed by atoms with Gasteiger partial charge in [-0.15, -0.1) is 0 Å². The molecule has 0 radical (unpaired) electrons. The number of ketones is 1. The number of carbonyl (C=O) groups is 2. The first kappa shape index (κ1) is 24.0. The fourth-order valence-electron chi connectivity index (χ4n) is 9.63. The van der Waals surface area contributed by atoms with Gasteiger partial charge in [-0.2, -0.15) is 0 Å². The van der Waals surface area contributed by atoms with E-state index in [-0.39, 0.29) is 16.7 Å². The Hall–Kier alpha value is -1.75. The molecule has 4 aliphatic carbocycles. The van der Waals surface area contributed by atoms with Crippen molar-refractivity contribution in [2.45, 2.75) is 90.2 Å². The molecular formula is C29H41NO4. The van der Waals surface area contributed by atoms with E-state index in [1.54, 1.807) is 6.21 Å². The van der Waals surface area contributed by atoms with Crippen LogP contribution < -0.4 is 0 Å². The summed E-state index contributed by atoms with van der Waals surface area (Å²) in [7, 11) is 1.51. The molecular weight excluding hydrogens is 426 g/mol. The second-order valence-electron chi connectivity index (χ2n) is 12.4. The third kappa shape index (κ3) is 3.40. The summed E-state index contributed by atoms with van der Waals surface area (Å²) in [4.78, 5) is 29.7. The Morgan fingerprint density at radius 3 is 2.62 bits per heavy atom. The van der Waals surface area contributed by atoms with E-state index in [9.17, 15) is 14.7 Å². The molecule has 1 N–H and O–H groups in total. The predicted octanol–water partition coefficient (Wildman–Crippen LogP) is 5.64. The fraction of sp³-hybridized carbons (Fsp3) is 0.759. The Bertz CT molecular complexity index is 952. The standard InChI is InChI=1S/C29H41NO4/c1-18-6-5-15-30-29(17-18,25(34-4)26(32)33)24-10-9-22-21-8-7-19-16-20(31)11-13-27(19,2)23(21)12-14-28(22,24)3/h5-6,15,17,19,21-25H,7-14,16H2,1-4H3,(H,32,33)/t19?,21-,22-,23-,24?,25?,27-,28-,29?/m0/s1. The number of allylic oxidation sites excluding steroid dienone is 3. The molecule has 5 aliphatic rings. The van der Waals surface area contributed by atoms with Gasteiger partial charge in [0.25, 0.3) is 0 Å². The number of rotatable bonds is 4. The highest BCUT2D eigenvalue weighted by molar-refractivity contribution is 5.80. The molecule has 0 amide bonds. The van der Waals surface area contributed by atoms with E-state index < -0.39 is 17.6 Å². The van der Waals surface area contributed by atoms with Gasteiger partial charge in [-0.3, -0.25) is 9.79 Å². The van der Waals surface area contributed by atoms with Gasteiger partial charge >= 0.3 is 5.97 Å². The number of hydrogen-bond acceptors (Lipinski definition) is 4. The molecule has 4 fully saturated rings. The van der Waals surface area contributed by atoms with E-state index in [1.807, 2.05) is 19.1 Å². The maximum Gasteiger partial charge on any atom is 0.335 e. The summed E-state index contributed by atoms with van der Waals surface area (Å²) in [6.45, 7) is 6.95. The van der Waals surface area contributed by atoms with Gasteiger partial charge in [0.1, 0.15) is 11.3 Å². The number of Topliss-reactive ketones (excluding diaryl/α,β-unsaturated/α-hetero) is 1. The number of methoxy groups -OCH3 is 1. The number of fused-ring (bicyclic) bond motifs is 5. The van der Waals surface area contributed by atoms with Crippen molar-refractivity contribution < 1.29 is 19.4 Å². The first-order chi connectivity index (χ1) is 16.2. The molecule has 0 bridgehead atoms. The Balaban J connectivity index is 1.52. The van der Waals surface area contributed by atoms with E-state index in [2.05, 4.69) is 19.9 Å². The van der Waals surface area contributed by atoms with Gasteiger partial charge in [-0.25, -0.2) is 4.79 Å². The Labute approximate surface area is 204 Å². The zero-order valence-corrected chi connectivity index (χ0v) is 21.3. The lowest BCUT2D eigenvalue weighted by molar-refractivity contribution is -0.157. The van der Waals surface area contributed by atoms with Gasteiger partial charge in [-0.05, 0) is 98.4 Å². The summed E-state index contributed by atoms with van der Waals surface area (Å²) in [5.41, 5.74) is 0.453. The first-order valence-electron chi connectivity index (χ1n) is 13.3. The molecule has 4 saturated carbocycles. The van der Waals surface area contributed by atoms with E-state index in [0.717, 1.165) is 44.1 Å². The highest BCUT2D eigenvalue weighted by atomic mass is 16.5. The number of carboxylic acid groups (broad SMARTS) is 1. The van der Waals surface area contributed by atoms with Crippen LogP contribution in [0.2, 0.25) is 0 Å². The van der Waals surface area contributed by atoms with Crippen LogP contribution in [0, 0.1) is 40.4 Å². The minimum Gasteiger partial charge on any atom is -0.479 e. The normalized spacial score (nSPS) is 46.6. The molecule has 0 aromatic rings. The van der Waals surface area contributed by atoms with Crippen LogP contribution in [0.1, 0.15) is 78.6 Å². The number of aliphatic imine (C=N–C) groups is 1. The molecule has 0 aromatic heterocycles. The summed E-state index contributed by atoms with van der Waals surface area (Å²) < 4.78 is 5.68. The molecule has 34 heavy (non-hydrogen) atoms. The average Bonchev–Trinajstić information content (AvgIpc) is 3.03. The number of carboxylic acids is 1. The van der Waals surface area contributed by atoms with Crippen LogP contribution in [-0.4, -0.2) is 41.8 Å². The maximum absolute atomic E-state index is 12.5. The van der Waals surface area contributed by atoms with Crippen molar-refractivity contribution in [1.29, 1.82) is 0 Å². The molecule has 9 atom stereocenters. The summed E-state index contributed by atoms with van der Waals surface area (Å²) in [6, 6.07) is 0. The highest BCUT2D eigenvalue weighted by Crippen LogP contribution is 2.69. The van der Waals surface area contributed by atoms with Crippen LogP contribution in [0.25, 0.3) is 0 Å². The third-order valence-electron chi connectivity index (χ3n) is 11.1. The number of ether oxygens (including phenoxy) is 1. The maximum atomic E-state index is 12.5. The van der Waals surface area contributed by atoms with E-state index in [0.29, 0.717) is 29.5 Å². The Morgan fingerprint density at radius 1 is 1.12 bits per heavy atom. The average molecular weight is 468 g/mol. The molecule has 0 saturated heterocycles. The van der Waals surface area contributed by atoms with Gasteiger partial charge in [0, 0.05) is 26.2 Å². The molecule has 1 heterocycles. The van der Waals surface area contributed by atoms with Crippen LogP contribution in [0.5, 0.6) is 0 Å². The topological polar surface area (TPSA) is 76.0 Å². The van der Waals surface area contributed by atoms with E-state index in [4.69, 9.17) is 9.73 Å². The van der Waals surface area contributed by atoms with Crippen LogP contribution in [0.3, 0.4) is 0 Å². The van der Waals surface area contributed by atoms with E-state index in [1.165, 1.54) is 26.4 Å². The van der Waals surface area contributed by atoms with Crippen molar-refractivity contribution in [3.63, 3.8) is 0 Å². The lowest BCUT2D eigenvalue weighted by Crippen LogP contribution is -2.58. The number of carbonyl (C=O) groups excluding carboxylic acids is 1. The minimum atomic E-state index is -1.01. The van der Waals surface area contributed by atoms with Gasteiger partial charge in [0.15, 0.2) is 6.10 Å². The zero-order valence-electron chi connectivity index (χ0n) is 21.3. The summed E-state index contributed by atoms with van der Waals surface area (Å²) in [5.74, 6) is 2.12. The van der Waals surface area contributed by atoms with Crippen LogP contribution in [-0.2, 0) is 14.3 Å². The van der Waals surface area contributed by atoms with Crippen molar-refractivity contribution in [2.75, 3.05) is 7.11 Å². The van der Waals surface area contributed by atoms with Crippen LogP contribution in [0.4, 0.5) is 0 Å². The molecule has 4 unspecified atom stereocenters. The van der Waals surface area contributed by atoms with Gasteiger partial charge in [0.05, 0.1) is 0 Å². The smallest absolute Gasteiger partial charge is 0.335 e. The number of hydrogen-bond donors (Lipinski definition) is 1. The fourth-order valence-corrected chi connectivity index (χ4v) is 9.63. The SMILES string of the molecule is COC(C(=O)O)C1(C2CC[C@H]3[C@@H]4CCC5CC(=O)CC[C@]5(C)[C@H]4CC[C@]23C)C=C(C)C=CC=N1. The molecule has 186 valence electrons. The monoisotopic (exact) mass is 467 g/mol. The molecule has 1 aliphatic heterocycles. The van der Waals surface area contributed by atoms with Crippen molar-refractivity contribution in [3.05, 3.63) is 23.8 Å². The molecule has 5 rings (SSSR count). The van der Waals surface area contributed by atoms with Crippen molar-refractivity contribution in [1.82, 2.24) is 0 Å². The predicted molar refractivity (Wildman–Crippen MR) is 133 cm³/mol. The first-order valence-corrected chi connectivity index (χ1v) is 13.3. The minimum absolute atomic E-state index is 0.0273. The molecule has 5 heteroatoms. The highest BCUT2D eigenvalue weighted by Gasteiger charge is 2.65. The van der Waals surface area contributed by atoms with Gasteiger partial charge in [-0.1, -0.05) is 31.6 Å². The van der Waals surface area contributed by atoms with Crippen molar-refractivity contribution >= 4 is 18.0 Å². The van der Waals surface area contributed by atoms with Crippen LogP contribution in [0.15, 0.2) is 28.8 Å². The van der Waals surface area contributed by atoms with Crippen LogP contribution >= 0.6 is 0 Å². The zero-order chi connectivity index (χ0) is 24.3. The van der Waals surface area contributed by atoms with Crippen molar-refractivity contribution in [3.8, 4) is 0 Å². The number of aliphatic carboxylic acids is 1. The summed E-state index contributed by atoms with van der Waals surface area (Å²) in [5, 5.41) is 10.2. The molecule has 5 nitrogen and oxygen atoms in total. The number of nitrogens with zero attached hydrogens (tertiary/aromatic N) is 1. The second-order valence-corrected chi connectivity index (χ2v) is 12.4. The van der Waals surface area contributed by atoms with Gasteiger partial charge in [0.2, 0.25) is 0 Å². The molecule has 0 spiro atoms. The Kier molecular flexibility index (Phi) is 5.94. The van der Waals surface area contributed by atoms with Crippen molar-refractivity contribution in [2.24, 2.45) is 45.4 Å². The lowest BCUT2D eigenvalue weighted by atomic mass is 9.44. The molecule has 0 aromatic carbocycles. The quantitative estimate of drug-likeness (QED) is 0.580. The summed E-state index contributed by atoms with van der Waals surface area (Å²) in [6.07, 6.45) is 16.2. The lowest BCUT2D eigenvalue weighted by Gasteiger charge is -2.61. The van der Waals surface area contributed by atoms with Gasteiger partial charge < -0.3 is 9.84 Å². The third-order valence-corrected chi connectivity index (χ3v) is 11.1. The van der Waals surface area contributed by atoms with E-state index >= 15 is 0 Å². The second kappa shape index (κ2) is 8.43. The summed E-state index contributed by atoms with van der Waals surface area (Å²) >= 11 is 0. The largest absolute Gasteiger partial charge is 0.479 e. The Morgan fingerprint density at radius 2 is 1.88 bits per heavy atom.